The Morgan fingerprint density at radius 3 is 2.58 bits per heavy atom. The van der Waals surface area contributed by atoms with Gasteiger partial charge in [-0.3, -0.25) is 9.88 Å². The van der Waals surface area contributed by atoms with E-state index in [0.29, 0.717) is 11.6 Å². The maximum Gasteiger partial charge on any atom is 0.229 e. The monoisotopic (exact) mass is 520 g/mol. The highest BCUT2D eigenvalue weighted by molar-refractivity contribution is 5.79. The van der Waals surface area contributed by atoms with Crippen LogP contribution in [-0.2, 0) is 11.3 Å². The average molecular weight is 521 g/mol. The number of hydrogen-bond donors (Lipinski definition) is 2. The lowest BCUT2D eigenvalue weighted by molar-refractivity contribution is -0.00983. The minimum Gasteiger partial charge on any atom is -0.371 e. The van der Waals surface area contributed by atoms with Gasteiger partial charge in [0.15, 0.2) is 12.6 Å². The summed E-state index contributed by atoms with van der Waals surface area (Å²) in [6.45, 7) is 6.52. The van der Waals surface area contributed by atoms with Crippen LogP contribution in [0, 0.1) is 6.92 Å². The Balaban J connectivity index is 1.21. The van der Waals surface area contributed by atoms with E-state index >= 15 is 0 Å². The van der Waals surface area contributed by atoms with Gasteiger partial charge in [0, 0.05) is 56.2 Å². The van der Waals surface area contributed by atoms with Crippen LogP contribution in [0.5, 0.6) is 0 Å². The number of aromatic nitrogens is 4. The number of nitrogens with one attached hydrogen (secondary N) is 2. The van der Waals surface area contributed by atoms with Crippen LogP contribution in [0.1, 0.15) is 11.3 Å². The Morgan fingerprint density at radius 1 is 1.03 bits per heavy atom. The van der Waals surface area contributed by atoms with Crippen LogP contribution in [-0.4, -0.2) is 76.4 Å². The number of halogens is 2. The van der Waals surface area contributed by atoms with Gasteiger partial charge in [0.05, 0.1) is 36.5 Å². The van der Waals surface area contributed by atoms with E-state index in [9.17, 15) is 8.78 Å². The first-order valence-electron chi connectivity index (χ1n) is 12.8. The molecule has 0 bridgehead atoms. The SMILES string of the molecule is Cc1cc(N2C(F)COCC2F)ccc1-n1ccc2cnc(Nc3ccc(CN4CCNCC4)nc3)nc21. The van der Waals surface area contributed by atoms with Crippen LogP contribution < -0.4 is 15.5 Å². The van der Waals surface area contributed by atoms with E-state index in [1.807, 2.05) is 42.0 Å². The smallest absolute Gasteiger partial charge is 0.229 e. The van der Waals surface area contributed by atoms with Crippen molar-refractivity contribution in [3.8, 4) is 5.69 Å². The van der Waals surface area contributed by atoms with Gasteiger partial charge in [0.1, 0.15) is 5.65 Å². The van der Waals surface area contributed by atoms with E-state index in [1.165, 1.54) is 0 Å². The topological polar surface area (TPSA) is 83.4 Å². The van der Waals surface area contributed by atoms with Crippen molar-refractivity contribution in [3.63, 3.8) is 0 Å². The van der Waals surface area contributed by atoms with Crippen molar-refractivity contribution in [2.75, 3.05) is 49.6 Å². The first-order chi connectivity index (χ1) is 18.5. The number of pyridine rings is 1. The third-order valence-electron chi connectivity index (χ3n) is 6.96. The summed E-state index contributed by atoms with van der Waals surface area (Å²) in [5.74, 6) is 0.456. The summed E-state index contributed by atoms with van der Waals surface area (Å²) < 4.78 is 35.7. The van der Waals surface area contributed by atoms with Crippen LogP contribution in [0.3, 0.4) is 0 Å². The molecule has 0 amide bonds. The summed E-state index contributed by atoms with van der Waals surface area (Å²) in [6.07, 6.45) is 2.44. The van der Waals surface area contributed by atoms with Crippen LogP contribution in [0.15, 0.2) is 55.0 Å². The molecular formula is C27H30F2N8O. The quantitative estimate of drug-likeness (QED) is 0.373. The molecule has 2 fully saturated rings. The largest absolute Gasteiger partial charge is 0.371 e. The number of fused-ring (bicyclic) bond motifs is 1. The Morgan fingerprint density at radius 2 is 1.84 bits per heavy atom. The van der Waals surface area contributed by atoms with Gasteiger partial charge in [-0.25, -0.2) is 13.8 Å². The van der Waals surface area contributed by atoms with Gasteiger partial charge in [-0.15, -0.1) is 0 Å². The van der Waals surface area contributed by atoms with Crippen LogP contribution in [0.4, 0.5) is 26.1 Å². The van der Waals surface area contributed by atoms with Crippen molar-refractivity contribution in [2.24, 2.45) is 0 Å². The van der Waals surface area contributed by atoms with E-state index in [0.717, 1.165) is 71.3 Å². The van der Waals surface area contributed by atoms with E-state index in [1.54, 1.807) is 24.5 Å². The molecule has 198 valence electrons. The number of ether oxygens (including phenoxy) is 1. The number of alkyl halides is 2. The summed E-state index contributed by atoms with van der Waals surface area (Å²) >= 11 is 0. The molecule has 6 rings (SSSR count). The second kappa shape index (κ2) is 10.6. The minimum atomic E-state index is -1.52. The molecule has 2 N–H and O–H groups in total. The summed E-state index contributed by atoms with van der Waals surface area (Å²) in [4.78, 5) is 17.3. The molecular weight excluding hydrogens is 490 g/mol. The van der Waals surface area contributed by atoms with E-state index < -0.39 is 12.6 Å². The fourth-order valence-electron chi connectivity index (χ4n) is 4.98. The Hall–Kier alpha value is -3.67. The standard InChI is InChI=1S/C27H30F2N8O/c1-18-12-22(37-24(28)16-38-17-25(37)29)4-5-23(18)36-9-6-19-13-32-27(34-26(19)36)33-20-2-3-21(31-14-20)15-35-10-7-30-8-11-35/h2-6,9,12-14,24-25,30H,7-8,10-11,15-17H2,1H3,(H,32,33,34). The molecule has 11 heteroatoms. The van der Waals surface area contributed by atoms with Gasteiger partial charge in [-0.05, 0) is 48.9 Å². The number of rotatable bonds is 6. The summed E-state index contributed by atoms with van der Waals surface area (Å²) in [5.41, 5.74) is 4.77. The normalized spacial score (nSPS) is 20.7. The Kier molecular flexibility index (Phi) is 6.88. The van der Waals surface area contributed by atoms with E-state index in [-0.39, 0.29) is 13.2 Å². The van der Waals surface area contributed by atoms with Crippen molar-refractivity contribution < 1.29 is 13.5 Å². The summed E-state index contributed by atoms with van der Waals surface area (Å²) in [7, 11) is 0. The third-order valence-corrected chi connectivity index (χ3v) is 6.96. The molecule has 1 aromatic carbocycles. The zero-order valence-corrected chi connectivity index (χ0v) is 21.1. The number of morpholine rings is 1. The number of anilines is 3. The zero-order chi connectivity index (χ0) is 26.1. The predicted octanol–water partition coefficient (Wildman–Crippen LogP) is 3.70. The molecule has 5 heterocycles. The number of nitrogens with zero attached hydrogens (tertiary/aromatic N) is 6. The predicted molar refractivity (Wildman–Crippen MR) is 142 cm³/mol. The molecule has 2 aliphatic rings. The molecule has 0 saturated carbocycles. The zero-order valence-electron chi connectivity index (χ0n) is 21.1. The highest BCUT2D eigenvalue weighted by atomic mass is 19.2. The molecule has 2 atom stereocenters. The Bertz CT molecular complexity index is 1400. The lowest BCUT2D eigenvalue weighted by Crippen LogP contribution is -2.48. The second-order valence-corrected chi connectivity index (χ2v) is 9.63. The van der Waals surface area contributed by atoms with Crippen molar-refractivity contribution in [1.82, 2.24) is 29.7 Å². The van der Waals surface area contributed by atoms with Crippen molar-refractivity contribution in [1.29, 1.82) is 0 Å². The fraction of sp³-hybridized carbons (Fsp3) is 0.370. The van der Waals surface area contributed by atoms with Crippen molar-refractivity contribution >= 4 is 28.4 Å². The highest BCUT2D eigenvalue weighted by Gasteiger charge is 2.31. The molecule has 0 aliphatic carbocycles. The lowest BCUT2D eigenvalue weighted by atomic mass is 10.1. The van der Waals surface area contributed by atoms with Gasteiger partial charge in [-0.1, -0.05) is 0 Å². The molecule has 9 nitrogen and oxygen atoms in total. The Labute approximate surface area is 219 Å². The minimum absolute atomic E-state index is 0.148. The van der Waals surface area contributed by atoms with Crippen LogP contribution in [0.2, 0.25) is 0 Å². The van der Waals surface area contributed by atoms with Crippen LogP contribution >= 0.6 is 0 Å². The van der Waals surface area contributed by atoms with E-state index in [2.05, 4.69) is 25.5 Å². The third kappa shape index (κ3) is 5.04. The molecule has 3 aromatic heterocycles. The van der Waals surface area contributed by atoms with E-state index in [4.69, 9.17) is 9.72 Å². The molecule has 0 radical (unpaired) electrons. The van der Waals surface area contributed by atoms with Gasteiger partial charge in [0.2, 0.25) is 5.95 Å². The lowest BCUT2D eigenvalue weighted by Gasteiger charge is -2.35. The maximum absolute atomic E-state index is 14.4. The number of piperazine rings is 1. The first kappa shape index (κ1) is 24.7. The molecule has 2 saturated heterocycles. The summed E-state index contributed by atoms with van der Waals surface area (Å²) in [5, 5.41) is 7.49. The molecule has 38 heavy (non-hydrogen) atoms. The molecule has 2 aliphatic heterocycles. The van der Waals surface area contributed by atoms with Gasteiger partial charge < -0.3 is 24.8 Å². The highest BCUT2D eigenvalue weighted by Crippen LogP contribution is 2.30. The van der Waals surface area contributed by atoms with Gasteiger partial charge in [0.25, 0.3) is 0 Å². The number of aryl methyl sites for hydroxylation is 1. The average Bonchev–Trinajstić information content (AvgIpc) is 3.33. The van der Waals surface area contributed by atoms with Gasteiger partial charge >= 0.3 is 0 Å². The second-order valence-electron chi connectivity index (χ2n) is 9.63. The number of benzene rings is 1. The van der Waals surface area contributed by atoms with Gasteiger partial charge in [-0.2, -0.15) is 4.98 Å². The first-order valence-corrected chi connectivity index (χ1v) is 12.8. The fourth-order valence-corrected chi connectivity index (χ4v) is 4.98. The van der Waals surface area contributed by atoms with Crippen molar-refractivity contribution in [2.45, 2.75) is 26.1 Å². The van der Waals surface area contributed by atoms with Crippen LogP contribution in [0.25, 0.3) is 16.7 Å². The van der Waals surface area contributed by atoms with Crippen molar-refractivity contribution in [3.05, 3.63) is 66.2 Å². The molecule has 4 aromatic rings. The molecule has 0 spiro atoms. The molecule has 2 unspecified atom stereocenters. The number of hydrogen-bond acceptors (Lipinski definition) is 8. The summed E-state index contributed by atoms with van der Waals surface area (Å²) in [6, 6.07) is 11.3. The maximum atomic E-state index is 14.4.